The zero-order valence-electron chi connectivity index (χ0n) is 9.40. The molecule has 4 heteroatoms. The molecular formula is C12H12NNaO2. The van der Waals surface area contributed by atoms with Crippen molar-refractivity contribution in [2.75, 3.05) is 0 Å². The fourth-order valence-corrected chi connectivity index (χ4v) is 1.34. The van der Waals surface area contributed by atoms with Gasteiger partial charge in [0.1, 0.15) is 0 Å². The first kappa shape index (κ1) is 15.2. The van der Waals surface area contributed by atoms with Gasteiger partial charge < -0.3 is 9.90 Å². The van der Waals surface area contributed by atoms with E-state index in [0.717, 1.165) is 18.4 Å². The maximum atomic E-state index is 10.1. The van der Waals surface area contributed by atoms with Crippen LogP contribution in [0.4, 0.5) is 0 Å². The summed E-state index contributed by atoms with van der Waals surface area (Å²) in [5, 5.41) is 18.7. The van der Waals surface area contributed by atoms with Gasteiger partial charge in [-0.1, -0.05) is 12.1 Å². The van der Waals surface area contributed by atoms with Crippen LogP contribution in [0.3, 0.4) is 0 Å². The molecule has 0 unspecified atom stereocenters. The van der Waals surface area contributed by atoms with Crippen molar-refractivity contribution in [2.24, 2.45) is 0 Å². The van der Waals surface area contributed by atoms with Gasteiger partial charge in [-0.2, -0.15) is 5.26 Å². The number of hydrogen-bond acceptors (Lipinski definition) is 3. The van der Waals surface area contributed by atoms with E-state index in [0.29, 0.717) is 12.0 Å². The van der Waals surface area contributed by atoms with Crippen LogP contribution < -0.4 is 34.7 Å². The van der Waals surface area contributed by atoms with Crippen molar-refractivity contribution >= 4 is 5.97 Å². The smallest absolute Gasteiger partial charge is 0.550 e. The van der Waals surface area contributed by atoms with Crippen LogP contribution in [0.15, 0.2) is 24.3 Å². The molecular weight excluding hydrogens is 213 g/mol. The van der Waals surface area contributed by atoms with Gasteiger partial charge in [0, 0.05) is 5.97 Å². The molecule has 0 atom stereocenters. The molecule has 0 saturated carbocycles. The van der Waals surface area contributed by atoms with Gasteiger partial charge >= 0.3 is 29.6 Å². The molecule has 0 heterocycles. The second-order valence-corrected chi connectivity index (χ2v) is 3.39. The molecule has 78 valence electrons. The number of unbranched alkanes of at least 4 members (excludes halogenated alkanes) is 1. The Hall–Kier alpha value is -0.820. The molecule has 0 bridgehead atoms. The maximum absolute atomic E-state index is 10.1. The van der Waals surface area contributed by atoms with Crippen LogP contribution in [-0.2, 0) is 11.2 Å². The molecule has 0 radical (unpaired) electrons. The van der Waals surface area contributed by atoms with Crippen LogP contribution in [0.25, 0.3) is 0 Å². The predicted octanol–water partition coefficient (Wildman–Crippen LogP) is -1.98. The van der Waals surface area contributed by atoms with Crippen molar-refractivity contribution in [3.63, 3.8) is 0 Å². The van der Waals surface area contributed by atoms with Crippen molar-refractivity contribution in [3.8, 4) is 6.07 Å². The van der Waals surface area contributed by atoms with Crippen LogP contribution in [0.5, 0.6) is 0 Å². The standard InChI is InChI=1S/C12H13NO2.Na/c13-9-11-7-5-10(6-8-11)3-1-2-4-12(14)15;/h5-8H,1-4H2,(H,14,15);/q;+1/p-1. The minimum atomic E-state index is -0.991. The summed E-state index contributed by atoms with van der Waals surface area (Å²) >= 11 is 0. The number of benzene rings is 1. The van der Waals surface area contributed by atoms with E-state index in [9.17, 15) is 9.90 Å². The first-order chi connectivity index (χ1) is 7.22. The van der Waals surface area contributed by atoms with E-state index < -0.39 is 5.97 Å². The van der Waals surface area contributed by atoms with Crippen LogP contribution in [-0.4, -0.2) is 5.97 Å². The second-order valence-electron chi connectivity index (χ2n) is 3.39. The number of hydrogen-bond donors (Lipinski definition) is 0. The van der Waals surface area contributed by atoms with Gasteiger partial charge in [0.15, 0.2) is 0 Å². The number of aryl methyl sites for hydroxylation is 1. The molecule has 0 aliphatic heterocycles. The summed E-state index contributed by atoms with van der Waals surface area (Å²) < 4.78 is 0. The molecule has 0 fully saturated rings. The summed E-state index contributed by atoms with van der Waals surface area (Å²) in [5.74, 6) is -0.991. The average molecular weight is 225 g/mol. The number of carbonyl (C=O) groups excluding carboxylic acids is 1. The van der Waals surface area contributed by atoms with E-state index >= 15 is 0 Å². The van der Waals surface area contributed by atoms with Crippen LogP contribution in [0, 0.1) is 11.3 Å². The van der Waals surface area contributed by atoms with E-state index in [2.05, 4.69) is 6.07 Å². The topological polar surface area (TPSA) is 63.9 Å². The van der Waals surface area contributed by atoms with Crippen LogP contribution >= 0.6 is 0 Å². The zero-order valence-corrected chi connectivity index (χ0v) is 11.4. The molecule has 0 N–H and O–H groups in total. The van der Waals surface area contributed by atoms with Gasteiger partial charge in [-0.25, -0.2) is 0 Å². The first-order valence-electron chi connectivity index (χ1n) is 4.91. The van der Waals surface area contributed by atoms with E-state index in [1.807, 2.05) is 12.1 Å². The summed E-state index contributed by atoms with van der Waals surface area (Å²) in [6.07, 6.45) is 2.44. The fraction of sp³-hybridized carbons (Fsp3) is 0.333. The number of carbonyl (C=O) groups is 1. The minimum Gasteiger partial charge on any atom is -0.550 e. The molecule has 1 rings (SSSR count). The summed E-state index contributed by atoms with van der Waals surface area (Å²) in [4.78, 5) is 10.1. The Kier molecular flexibility index (Phi) is 7.92. The number of carboxylic acids is 1. The fourth-order valence-electron chi connectivity index (χ4n) is 1.34. The Balaban J connectivity index is 0.00000225. The van der Waals surface area contributed by atoms with Gasteiger partial charge in [-0.05, 0) is 43.4 Å². The molecule has 0 aromatic heterocycles. The maximum Gasteiger partial charge on any atom is 1.00 e. The van der Waals surface area contributed by atoms with Crippen molar-refractivity contribution in [3.05, 3.63) is 35.4 Å². The predicted molar refractivity (Wildman–Crippen MR) is 53.7 cm³/mol. The van der Waals surface area contributed by atoms with E-state index in [4.69, 9.17) is 5.26 Å². The van der Waals surface area contributed by atoms with E-state index in [-0.39, 0.29) is 36.0 Å². The quantitative estimate of drug-likeness (QED) is 0.431. The number of carboxylic acid groups (broad SMARTS) is 1. The Labute approximate surface area is 117 Å². The van der Waals surface area contributed by atoms with Gasteiger partial charge in [-0.15, -0.1) is 0 Å². The number of aliphatic carboxylic acids is 1. The van der Waals surface area contributed by atoms with Crippen molar-refractivity contribution in [2.45, 2.75) is 25.7 Å². The SMILES string of the molecule is N#Cc1ccc(CCCCC(=O)[O-])cc1.[Na+]. The van der Waals surface area contributed by atoms with Crippen molar-refractivity contribution in [1.82, 2.24) is 0 Å². The Morgan fingerprint density at radius 2 is 1.88 bits per heavy atom. The number of nitriles is 1. The van der Waals surface area contributed by atoms with Crippen LogP contribution in [0.1, 0.15) is 30.4 Å². The molecule has 0 saturated heterocycles. The van der Waals surface area contributed by atoms with Crippen molar-refractivity contribution < 1.29 is 39.5 Å². The Bertz CT molecular complexity index is 368. The normalized spacial score (nSPS) is 8.94. The molecule has 16 heavy (non-hydrogen) atoms. The largest absolute Gasteiger partial charge is 1.00 e. The molecule has 0 aliphatic rings. The zero-order chi connectivity index (χ0) is 11.1. The molecule has 3 nitrogen and oxygen atoms in total. The number of rotatable bonds is 5. The van der Waals surface area contributed by atoms with E-state index in [1.165, 1.54) is 0 Å². The minimum absolute atomic E-state index is 0. The Morgan fingerprint density at radius 3 is 2.38 bits per heavy atom. The molecule has 1 aromatic rings. The summed E-state index contributed by atoms with van der Waals surface area (Å²) in [6, 6.07) is 9.39. The summed E-state index contributed by atoms with van der Waals surface area (Å²) in [6.45, 7) is 0. The molecule has 1 aromatic carbocycles. The third kappa shape index (κ3) is 5.92. The van der Waals surface area contributed by atoms with Gasteiger partial charge in [0.25, 0.3) is 0 Å². The third-order valence-corrected chi connectivity index (χ3v) is 2.18. The summed E-state index contributed by atoms with van der Waals surface area (Å²) in [7, 11) is 0. The molecule has 0 amide bonds. The monoisotopic (exact) mass is 225 g/mol. The summed E-state index contributed by atoms with van der Waals surface area (Å²) in [5.41, 5.74) is 1.78. The molecule has 0 spiro atoms. The Morgan fingerprint density at radius 1 is 1.25 bits per heavy atom. The molecule has 0 aliphatic carbocycles. The van der Waals surface area contributed by atoms with Crippen LogP contribution in [0.2, 0.25) is 0 Å². The van der Waals surface area contributed by atoms with Gasteiger partial charge in [-0.3, -0.25) is 0 Å². The number of nitrogens with zero attached hydrogens (tertiary/aromatic N) is 1. The third-order valence-electron chi connectivity index (χ3n) is 2.18. The van der Waals surface area contributed by atoms with Gasteiger partial charge in [0.05, 0.1) is 11.6 Å². The average Bonchev–Trinajstić information content (AvgIpc) is 2.25. The van der Waals surface area contributed by atoms with Gasteiger partial charge in [0.2, 0.25) is 0 Å². The van der Waals surface area contributed by atoms with E-state index in [1.54, 1.807) is 12.1 Å². The second kappa shape index (κ2) is 8.35. The first-order valence-corrected chi connectivity index (χ1v) is 4.91. The van der Waals surface area contributed by atoms with Crippen molar-refractivity contribution in [1.29, 1.82) is 5.26 Å².